The van der Waals surface area contributed by atoms with Gasteiger partial charge in [0.05, 0.1) is 17.1 Å². The molecule has 0 unspecified atom stereocenters. The maximum Gasteiger partial charge on any atom is 0.155 e. The fraction of sp³-hybridized carbons (Fsp3) is 0.150. The largest absolute Gasteiger partial charge is 0.393 e. The number of nitrogens with zero attached hydrogens (tertiary/aromatic N) is 4. The minimum absolute atomic E-state index is 0.206. The summed E-state index contributed by atoms with van der Waals surface area (Å²) in [6.45, 7) is 1.93. The number of nitrogens with one attached hydrogen (secondary N) is 1. The highest BCUT2D eigenvalue weighted by Crippen LogP contribution is 2.30. The molecule has 0 saturated carbocycles. The highest BCUT2D eigenvalue weighted by Gasteiger charge is 2.20. The van der Waals surface area contributed by atoms with Gasteiger partial charge in [-0.15, -0.1) is 11.8 Å². The van der Waals surface area contributed by atoms with E-state index in [0.717, 1.165) is 16.1 Å². The molecule has 0 saturated heterocycles. The molecule has 1 atom stereocenters. The van der Waals surface area contributed by atoms with Crippen molar-refractivity contribution in [2.75, 3.05) is 23.0 Å². The first kappa shape index (κ1) is 19.0. The van der Waals surface area contributed by atoms with E-state index >= 15 is 0 Å². The van der Waals surface area contributed by atoms with Crippen LogP contribution in [0.4, 0.5) is 21.7 Å². The topological polar surface area (TPSA) is 108 Å². The van der Waals surface area contributed by atoms with E-state index in [9.17, 15) is 4.39 Å². The molecule has 4 aromatic rings. The number of thioether (sulfide) groups is 1. The van der Waals surface area contributed by atoms with Crippen LogP contribution in [0.25, 0.3) is 16.7 Å². The number of benzene rings is 2. The van der Waals surface area contributed by atoms with Gasteiger partial charge in [0.1, 0.15) is 23.7 Å². The van der Waals surface area contributed by atoms with E-state index < -0.39 is 0 Å². The van der Waals surface area contributed by atoms with Gasteiger partial charge in [-0.1, -0.05) is 6.07 Å². The molecule has 7 nitrogen and oxygen atoms in total. The lowest BCUT2D eigenvalue weighted by Gasteiger charge is -2.18. The van der Waals surface area contributed by atoms with E-state index in [1.165, 1.54) is 18.5 Å². The molecule has 0 aliphatic carbocycles. The molecule has 2 aromatic carbocycles. The lowest BCUT2D eigenvalue weighted by Crippen LogP contribution is -2.15. The highest BCUT2D eigenvalue weighted by molar-refractivity contribution is 7.98. The third-order valence-corrected chi connectivity index (χ3v) is 5.33. The smallest absolute Gasteiger partial charge is 0.155 e. The second kappa shape index (κ2) is 7.59. The first-order valence-electron chi connectivity index (χ1n) is 8.92. The third kappa shape index (κ3) is 3.56. The zero-order chi connectivity index (χ0) is 20.5. The molecule has 2 heterocycles. The van der Waals surface area contributed by atoms with Crippen molar-refractivity contribution in [3.8, 4) is 5.69 Å². The van der Waals surface area contributed by atoms with Gasteiger partial charge in [-0.25, -0.2) is 19.3 Å². The Kier molecular flexibility index (Phi) is 4.98. The number of hydrogen-bond donors (Lipinski definition) is 3. The number of nitrogens with two attached hydrogens (primary N) is 2. The lowest BCUT2D eigenvalue weighted by molar-refractivity contribution is 0.629. The summed E-state index contributed by atoms with van der Waals surface area (Å²) in [6, 6.07) is 12.4. The molecular weight excluding hydrogens is 389 g/mol. The van der Waals surface area contributed by atoms with Gasteiger partial charge in [0.2, 0.25) is 0 Å². The Bertz CT molecular complexity index is 1190. The van der Waals surface area contributed by atoms with Gasteiger partial charge in [-0.2, -0.15) is 0 Å². The van der Waals surface area contributed by atoms with Gasteiger partial charge < -0.3 is 16.8 Å². The molecule has 0 radical (unpaired) electrons. The van der Waals surface area contributed by atoms with Gasteiger partial charge in [0.25, 0.3) is 0 Å². The zero-order valence-corrected chi connectivity index (χ0v) is 16.7. The summed E-state index contributed by atoms with van der Waals surface area (Å²) in [5.74, 6) is 0.992. The number of nitrogen functional groups attached to an aromatic ring is 2. The van der Waals surface area contributed by atoms with Gasteiger partial charge in [0.15, 0.2) is 11.6 Å². The molecule has 5 N–H and O–H groups in total. The average molecular weight is 409 g/mol. The number of rotatable bonds is 5. The minimum atomic E-state index is -0.333. The summed E-state index contributed by atoms with van der Waals surface area (Å²) in [6.07, 6.45) is 3.37. The lowest BCUT2D eigenvalue weighted by atomic mass is 10.2. The van der Waals surface area contributed by atoms with Crippen molar-refractivity contribution in [3.63, 3.8) is 0 Å². The second-order valence-electron chi connectivity index (χ2n) is 6.53. The normalized spacial score (nSPS) is 12.2. The van der Waals surface area contributed by atoms with Crippen molar-refractivity contribution < 1.29 is 4.39 Å². The minimum Gasteiger partial charge on any atom is -0.393 e. The molecule has 0 spiro atoms. The Morgan fingerprint density at radius 2 is 1.97 bits per heavy atom. The summed E-state index contributed by atoms with van der Waals surface area (Å²) in [7, 11) is 0. The van der Waals surface area contributed by atoms with E-state index in [4.69, 9.17) is 16.5 Å². The number of imidazole rings is 1. The van der Waals surface area contributed by atoms with Gasteiger partial charge in [-0.05, 0) is 43.5 Å². The monoisotopic (exact) mass is 409 g/mol. The summed E-state index contributed by atoms with van der Waals surface area (Å²) in [4.78, 5) is 13.9. The van der Waals surface area contributed by atoms with Crippen LogP contribution in [0, 0.1) is 5.82 Å². The van der Waals surface area contributed by atoms with Crippen molar-refractivity contribution in [3.05, 3.63) is 60.4 Å². The van der Waals surface area contributed by atoms with Crippen molar-refractivity contribution in [1.82, 2.24) is 19.5 Å². The predicted octanol–water partition coefficient (Wildman–Crippen LogP) is 4.01. The van der Waals surface area contributed by atoms with E-state index in [0.29, 0.717) is 17.2 Å². The SMILES string of the molecule is CSc1cccc(-n2c([C@H](C)Nc3ncnc(N)c3N)nc3cc(F)ccc32)c1. The molecule has 0 bridgehead atoms. The Balaban J connectivity index is 1.85. The Labute approximate surface area is 171 Å². The Hall–Kier alpha value is -3.33. The van der Waals surface area contributed by atoms with E-state index in [1.807, 2.05) is 35.9 Å². The van der Waals surface area contributed by atoms with Crippen LogP contribution in [0.15, 0.2) is 53.7 Å². The number of anilines is 3. The molecule has 0 amide bonds. The van der Waals surface area contributed by atoms with Crippen molar-refractivity contribution in [1.29, 1.82) is 0 Å². The number of halogens is 1. The molecule has 2 aromatic heterocycles. The first-order valence-corrected chi connectivity index (χ1v) is 10.1. The third-order valence-electron chi connectivity index (χ3n) is 4.61. The second-order valence-corrected chi connectivity index (χ2v) is 7.41. The summed E-state index contributed by atoms with van der Waals surface area (Å²) < 4.78 is 15.8. The molecule has 9 heteroatoms. The van der Waals surface area contributed by atoms with Crippen LogP contribution in [0.3, 0.4) is 0 Å². The summed E-state index contributed by atoms with van der Waals surface area (Å²) in [5.41, 5.74) is 14.4. The standard InChI is InChI=1S/C20H20FN7S/c1-11(26-19-17(22)18(23)24-10-25-19)20-27-15-8-12(21)6-7-16(15)28(20)13-4-3-5-14(9-13)29-2/h3-11H,22H2,1-2H3,(H3,23,24,25,26)/t11-/m0/s1. The summed E-state index contributed by atoms with van der Waals surface area (Å²) in [5, 5.41) is 3.24. The fourth-order valence-corrected chi connectivity index (χ4v) is 3.63. The summed E-state index contributed by atoms with van der Waals surface area (Å²) >= 11 is 1.65. The first-order chi connectivity index (χ1) is 14.0. The molecule has 148 valence electrons. The van der Waals surface area contributed by atoms with Gasteiger partial charge in [0, 0.05) is 16.6 Å². The van der Waals surface area contributed by atoms with Crippen LogP contribution in [-0.2, 0) is 0 Å². The maximum absolute atomic E-state index is 13.8. The molecule has 4 rings (SSSR count). The fourth-order valence-electron chi connectivity index (χ4n) is 3.18. The Morgan fingerprint density at radius 3 is 2.76 bits per heavy atom. The van der Waals surface area contributed by atoms with Gasteiger partial charge in [-0.3, -0.25) is 4.57 Å². The van der Waals surface area contributed by atoms with Gasteiger partial charge >= 0.3 is 0 Å². The Morgan fingerprint density at radius 1 is 1.14 bits per heavy atom. The molecule has 0 aliphatic rings. The molecular formula is C20H20FN7S. The van der Waals surface area contributed by atoms with Crippen molar-refractivity contribution in [2.24, 2.45) is 0 Å². The van der Waals surface area contributed by atoms with Crippen LogP contribution in [-0.4, -0.2) is 25.8 Å². The maximum atomic E-state index is 13.8. The molecule has 0 fully saturated rings. The van der Waals surface area contributed by atoms with Crippen LogP contribution in [0.5, 0.6) is 0 Å². The van der Waals surface area contributed by atoms with E-state index in [2.05, 4.69) is 21.4 Å². The zero-order valence-electron chi connectivity index (χ0n) is 15.9. The molecule has 0 aliphatic heterocycles. The number of aromatic nitrogens is 4. The van der Waals surface area contributed by atoms with Crippen molar-refractivity contribution in [2.45, 2.75) is 17.9 Å². The van der Waals surface area contributed by atoms with Crippen LogP contribution in [0.1, 0.15) is 18.8 Å². The van der Waals surface area contributed by atoms with Crippen LogP contribution >= 0.6 is 11.8 Å². The van der Waals surface area contributed by atoms with Crippen LogP contribution in [0.2, 0.25) is 0 Å². The average Bonchev–Trinajstić information content (AvgIpc) is 3.10. The highest BCUT2D eigenvalue weighted by atomic mass is 32.2. The van der Waals surface area contributed by atoms with Crippen molar-refractivity contribution >= 4 is 40.1 Å². The number of hydrogen-bond acceptors (Lipinski definition) is 7. The van der Waals surface area contributed by atoms with Crippen LogP contribution < -0.4 is 16.8 Å². The van der Waals surface area contributed by atoms with E-state index in [1.54, 1.807) is 17.8 Å². The quantitative estimate of drug-likeness (QED) is 0.427. The molecule has 29 heavy (non-hydrogen) atoms. The number of fused-ring (bicyclic) bond motifs is 1. The predicted molar refractivity (Wildman–Crippen MR) is 116 cm³/mol. The van der Waals surface area contributed by atoms with E-state index in [-0.39, 0.29) is 23.4 Å².